The van der Waals surface area contributed by atoms with Gasteiger partial charge < -0.3 is 20.3 Å². The number of aliphatic carboxylic acids is 1. The van der Waals surface area contributed by atoms with Crippen molar-refractivity contribution in [1.29, 1.82) is 0 Å². The molecule has 0 unspecified atom stereocenters. The number of aliphatic hydroxyl groups excluding tert-OH is 1. The van der Waals surface area contributed by atoms with Gasteiger partial charge in [0.05, 0.1) is 24.3 Å². The summed E-state index contributed by atoms with van der Waals surface area (Å²) in [6.45, 7) is 7.39. The minimum Gasteiger partial charge on any atom is -0.481 e. The number of carboxylic acid groups (broad SMARTS) is 1. The van der Waals surface area contributed by atoms with Crippen molar-refractivity contribution in [3.05, 3.63) is 77.2 Å². The third-order valence-corrected chi connectivity index (χ3v) is 5.62. The summed E-state index contributed by atoms with van der Waals surface area (Å²) in [7, 11) is 0. The highest BCUT2D eigenvalue weighted by molar-refractivity contribution is 5.93. The zero-order chi connectivity index (χ0) is 25.8. The van der Waals surface area contributed by atoms with Gasteiger partial charge in [-0.25, -0.2) is 9.07 Å². The third kappa shape index (κ3) is 6.66. The first kappa shape index (κ1) is 25.9. The second kappa shape index (κ2) is 10.7. The molecule has 8 nitrogen and oxygen atoms in total. The predicted octanol–water partition coefficient (Wildman–Crippen LogP) is 4.05. The van der Waals surface area contributed by atoms with Crippen molar-refractivity contribution >= 4 is 11.9 Å². The van der Waals surface area contributed by atoms with E-state index in [4.69, 9.17) is 4.74 Å². The molecule has 2 atom stereocenters. The van der Waals surface area contributed by atoms with Crippen molar-refractivity contribution < 1.29 is 28.9 Å². The number of benzene rings is 2. The average molecular weight is 484 g/mol. The van der Waals surface area contributed by atoms with Gasteiger partial charge in [-0.15, -0.1) is 0 Å². The number of nitrogens with one attached hydrogen (secondary N) is 1. The van der Waals surface area contributed by atoms with E-state index < -0.39 is 35.3 Å². The molecule has 1 aromatic heterocycles. The average Bonchev–Trinajstić information content (AvgIpc) is 3.21. The van der Waals surface area contributed by atoms with E-state index in [9.17, 15) is 24.2 Å². The number of hydrogen-bond acceptors (Lipinski definition) is 5. The number of aromatic nitrogens is 2. The van der Waals surface area contributed by atoms with Crippen LogP contribution >= 0.6 is 0 Å². The fourth-order valence-corrected chi connectivity index (χ4v) is 3.38. The molecule has 0 bridgehead atoms. The topological polar surface area (TPSA) is 114 Å². The van der Waals surface area contributed by atoms with Crippen molar-refractivity contribution in [2.75, 3.05) is 6.61 Å². The van der Waals surface area contributed by atoms with Gasteiger partial charge >= 0.3 is 5.97 Å². The van der Waals surface area contributed by atoms with Gasteiger partial charge in [-0.3, -0.25) is 9.59 Å². The van der Waals surface area contributed by atoms with E-state index >= 15 is 0 Å². The minimum atomic E-state index is -1.06. The quantitative estimate of drug-likeness (QED) is 0.423. The van der Waals surface area contributed by atoms with Crippen molar-refractivity contribution in [3.63, 3.8) is 0 Å². The summed E-state index contributed by atoms with van der Waals surface area (Å²) in [6, 6.07) is 13.3. The smallest absolute Gasteiger partial charge is 0.305 e. The number of aliphatic hydroxyl groups is 1. The number of carbonyl (C=O) groups excluding carboxylic acids is 1. The Kier molecular flexibility index (Phi) is 7.91. The zero-order valence-corrected chi connectivity index (χ0v) is 20.2. The lowest BCUT2D eigenvalue weighted by Crippen LogP contribution is -2.32. The first-order chi connectivity index (χ1) is 16.5. The number of halogens is 1. The molecule has 0 saturated heterocycles. The summed E-state index contributed by atoms with van der Waals surface area (Å²) in [6.07, 6.45) is -1.10. The molecule has 3 N–H and O–H groups in total. The van der Waals surface area contributed by atoms with Gasteiger partial charge in [0.2, 0.25) is 5.88 Å². The summed E-state index contributed by atoms with van der Waals surface area (Å²) >= 11 is 0. The maximum atomic E-state index is 13.5. The number of rotatable bonds is 9. The summed E-state index contributed by atoms with van der Waals surface area (Å²) < 4.78 is 20.6. The second-order valence-electron chi connectivity index (χ2n) is 9.43. The third-order valence-electron chi connectivity index (χ3n) is 5.62. The van der Waals surface area contributed by atoms with Gasteiger partial charge in [0.25, 0.3) is 5.91 Å². The molecule has 2 aromatic carbocycles. The summed E-state index contributed by atoms with van der Waals surface area (Å²) in [5.74, 6) is -1.91. The number of amides is 1. The number of nitrogens with zero attached hydrogens (tertiary/aromatic N) is 2. The Morgan fingerprint density at radius 3 is 2.40 bits per heavy atom. The van der Waals surface area contributed by atoms with E-state index in [0.29, 0.717) is 11.3 Å². The van der Waals surface area contributed by atoms with Crippen molar-refractivity contribution in [2.45, 2.75) is 46.3 Å². The molecule has 3 rings (SSSR count). The van der Waals surface area contributed by atoms with E-state index in [1.54, 1.807) is 12.1 Å². The van der Waals surface area contributed by atoms with Gasteiger partial charge in [0.1, 0.15) is 12.4 Å². The first-order valence-electron chi connectivity index (χ1n) is 11.2. The maximum Gasteiger partial charge on any atom is 0.305 e. The van der Waals surface area contributed by atoms with Crippen LogP contribution in [0.15, 0.2) is 54.6 Å². The van der Waals surface area contributed by atoms with Crippen LogP contribution < -0.4 is 10.1 Å². The molecule has 0 spiro atoms. The molecular formula is C26H30FN3O5. The highest BCUT2D eigenvalue weighted by Gasteiger charge is 2.26. The van der Waals surface area contributed by atoms with Gasteiger partial charge in [-0.2, -0.15) is 5.10 Å². The lowest BCUT2D eigenvalue weighted by atomic mass is 9.90. The van der Waals surface area contributed by atoms with Crippen molar-refractivity contribution in [1.82, 2.24) is 15.1 Å². The van der Waals surface area contributed by atoms with E-state index in [2.05, 4.69) is 10.4 Å². The Balaban J connectivity index is 1.92. The molecule has 0 fully saturated rings. The Hall–Kier alpha value is -3.72. The summed E-state index contributed by atoms with van der Waals surface area (Å²) in [5.41, 5.74) is 1.53. The molecular weight excluding hydrogens is 453 g/mol. The number of carboxylic acids is 1. The molecule has 0 aliphatic rings. The standard InChI is InChI=1S/C26H30FN3O5/c1-16-7-5-6-8-19(16)20(14-24(32)33)28-25(34)21-13-23(35-15-22(31)26(2,3)4)30(29-21)18-11-9-17(27)10-12-18/h5-13,20,22,31H,14-15H2,1-4H3,(H,28,34)(H,32,33)/t20-,22-/m0/s1. The molecule has 0 radical (unpaired) electrons. The van der Waals surface area contributed by atoms with Crippen LogP contribution in [0, 0.1) is 18.2 Å². The van der Waals surface area contributed by atoms with Gasteiger partial charge in [-0.05, 0) is 47.7 Å². The maximum absolute atomic E-state index is 13.5. The SMILES string of the molecule is Cc1ccccc1[C@H](CC(=O)O)NC(=O)c1cc(OC[C@H](O)C(C)(C)C)n(-c2ccc(F)cc2)n1. The zero-order valence-electron chi connectivity index (χ0n) is 20.2. The van der Waals surface area contributed by atoms with Crippen LogP contribution in [0.1, 0.15) is 54.8 Å². The van der Waals surface area contributed by atoms with Gasteiger partial charge in [0, 0.05) is 6.07 Å². The lowest BCUT2D eigenvalue weighted by molar-refractivity contribution is -0.137. The minimum absolute atomic E-state index is 0.0152. The fraction of sp³-hybridized carbons (Fsp3) is 0.346. The van der Waals surface area contributed by atoms with Crippen LogP contribution in [0.4, 0.5) is 4.39 Å². The van der Waals surface area contributed by atoms with E-state index in [1.807, 2.05) is 39.8 Å². The highest BCUT2D eigenvalue weighted by Crippen LogP contribution is 2.25. The molecule has 0 saturated carbocycles. The van der Waals surface area contributed by atoms with E-state index in [0.717, 1.165) is 5.56 Å². The molecule has 1 amide bonds. The normalized spacial score (nSPS) is 13.2. The predicted molar refractivity (Wildman–Crippen MR) is 128 cm³/mol. The number of hydrogen-bond donors (Lipinski definition) is 3. The van der Waals surface area contributed by atoms with Crippen LogP contribution in [0.3, 0.4) is 0 Å². The van der Waals surface area contributed by atoms with E-state index in [-0.39, 0.29) is 24.6 Å². The van der Waals surface area contributed by atoms with Crippen LogP contribution in [0.2, 0.25) is 0 Å². The fourth-order valence-electron chi connectivity index (χ4n) is 3.38. The Bertz CT molecular complexity index is 1180. The number of ether oxygens (including phenoxy) is 1. The molecule has 9 heteroatoms. The Labute approximate surface area is 203 Å². The summed E-state index contributed by atoms with van der Waals surface area (Å²) in [5, 5.41) is 26.8. The number of carbonyl (C=O) groups is 2. The number of aryl methyl sites for hydroxylation is 1. The van der Waals surface area contributed by atoms with Crippen LogP contribution in [-0.2, 0) is 4.79 Å². The summed E-state index contributed by atoms with van der Waals surface area (Å²) in [4.78, 5) is 24.6. The first-order valence-corrected chi connectivity index (χ1v) is 11.2. The van der Waals surface area contributed by atoms with Crippen LogP contribution in [-0.4, -0.2) is 44.6 Å². The second-order valence-corrected chi connectivity index (χ2v) is 9.43. The molecule has 1 heterocycles. The molecule has 0 aliphatic carbocycles. The largest absolute Gasteiger partial charge is 0.481 e. The molecule has 0 aliphatic heterocycles. The Morgan fingerprint density at radius 2 is 1.80 bits per heavy atom. The highest BCUT2D eigenvalue weighted by atomic mass is 19.1. The van der Waals surface area contributed by atoms with Crippen molar-refractivity contribution in [3.8, 4) is 11.6 Å². The van der Waals surface area contributed by atoms with Crippen LogP contribution in [0.5, 0.6) is 5.88 Å². The van der Waals surface area contributed by atoms with Crippen molar-refractivity contribution in [2.24, 2.45) is 5.41 Å². The molecule has 3 aromatic rings. The monoisotopic (exact) mass is 483 g/mol. The van der Waals surface area contributed by atoms with Gasteiger partial charge in [-0.1, -0.05) is 45.0 Å². The van der Waals surface area contributed by atoms with Crippen LogP contribution in [0.25, 0.3) is 5.69 Å². The van der Waals surface area contributed by atoms with E-state index in [1.165, 1.54) is 35.0 Å². The Morgan fingerprint density at radius 1 is 1.14 bits per heavy atom. The molecule has 186 valence electrons. The van der Waals surface area contributed by atoms with Gasteiger partial charge in [0.15, 0.2) is 5.69 Å². The lowest BCUT2D eigenvalue weighted by Gasteiger charge is -2.25. The molecule has 35 heavy (non-hydrogen) atoms.